The zero-order valence-electron chi connectivity index (χ0n) is 13.0. The van der Waals surface area contributed by atoms with Crippen molar-refractivity contribution in [2.45, 2.75) is 57.2 Å². The van der Waals surface area contributed by atoms with E-state index in [0.29, 0.717) is 12.0 Å². The maximum Gasteiger partial charge on any atom is 0.239 e. The van der Waals surface area contributed by atoms with Crippen molar-refractivity contribution >= 4 is 5.91 Å². The molecule has 0 aromatic rings. The number of nitrogens with one attached hydrogen (secondary N) is 1. The van der Waals surface area contributed by atoms with Crippen LogP contribution in [0.25, 0.3) is 0 Å². The molecule has 5 heteroatoms. The molecule has 2 fully saturated rings. The van der Waals surface area contributed by atoms with E-state index in [1.54, 1.807) is 7.11 Å². The molecule has 20 heavy (non-hydrogen) atoms. The van der Waals surface area contributed by atoms with Crippen LogP contribution in [0.4, 0.5) is 0 Å². The quantitative estimate of drug-likeness (QED) is 0.723. The fourth-order valence-corrected chi connectivity index (χ4v) is 3.39. The minimum absolute atomic E-state index is 0.192. The highest BCUT2D eigenvalue weighted by atomic mass is 16.5. The lowest BCUT2D eigenvalue weighted by Crippen LogP contribution is -2.65. The molecule has 0 aromatic heterocycles. The summed E-state index contributed by atoms with van der Waals surface area (Å²) >= 11 is 0. The van der Waals surface area contributed by atoms with Crippen molar-refractivity contribution in [1.82, 2.24) is 10.2 Å². The Kier molecular flexibility index (Phi) is 5.04. The number of hydrogen-bond donors (Lipinski definition) is 2. The van der Waals surface area contributed by atoms with E-state index in [4.69, 9.17) is 10.5 Å². The molecule has 0 spiro atoms. The van der Waals surface area contributed by atoms with Crippen LogP contribution in [0.1, 0.15) is 39.5 Å². The second-order valence-electron chi connectivity index (χ2n) is 6.62. The molecule has 2 rings (SSSR count). The first-order valence-electron chi connectivity index (χ1n) is 7.80. The summed E-state index contributed by atoms with van der Waals surface area (Å²) in [6, 6.07) is 0.264. The van der Waals surface area contributed by atoms with Crippen LogP contribution in [-0.2, 0) is 9.53 Å². The Morgan fingerprint density at radius 3 is 2.35 bits per heavy atom. The molecule has 1 amide bonds. The number of primary amides is 1. The van der Waals surface area contributed by atoms with Crippen molar-refractivity contribution in [3.8, 4) is 0 Å². The van der Waals surface area contributed by atoms with Gasteiger partial charge in [0.25, 0.3) is 0 Å². The van der Waals surface area contributed by atoms with Crippen LogP contribution in [0.5, 0.6) is 0 Å². The molecule has 1 atom stereocenters. The highest BCUT2D eigenvalue weighted by Crippen LogP contribution is 2.40. The van der Waals surface area contributed by atoms with Crippen LogP contribution in [-0.4, -0.2) is 55.2 Å². The third-order valence-electron chi connectivity index (χ3n) is 4.60. The highest BCUT2D eigenvalue weighted by Gasteiger charge is 2.51. The molecule has 0 aromatic carbocycles. The average Bonchev–Trinajstić information content (AvgIpc) is 3.22. The molecule has 116 valence electrons. The van der Waals surface area contributed by atoms with Crippen molar-refractivity contribution in [2.75, 3.05) is 26.7 Å². The Morgan fingerprint density at radius 1 is 1.35 bits per heavy atom. The molecule has 1 saturated carbocycles. The molecule has 0 radical (unpaired) electrons. The molecule has 1 aliphatic heterocycles. The van der Waals surface area contributed by atoms with Gasteiger partial charge in [-0.15, -0.1) is 0 Å². The van der Waals surface area contributed by atoms with E-state index in [0.717, 1.165) is 45.3 Å². The molecule has 1 aliphatic carbocycles. The first kappa shape index (κ1) is 15.7. The van der Waals surface area contributed by atoms with Gasteiger partial charge >= 0.3 is 0 Å². The van der Waals surface area contributed by atoms with E-state index >= 15 is 0 Å². The monoisotopic (exact) mass is 283 g/mol. The number of nitrogens with two attached hydrogens (primary N) is 1. The van der Waals surface area contributed by atoms with Crippen LogP contribution in [0.2, 0.25) is 0 Å². The summed E-state index contributed by atoms with van der Waals surface area (Å²) in [6.07, 6.45) is 4.66. The number of hydrogen-bond acceptors (Lipinski definition) is 4. The Hall–Kier alpha value is -0.650. The largest absolute Gasteiger partial charge is 0.381 e. The number of nitrogens with zero attached hydrogens (tertiary/aromatic N) is 1. The molecule has 1 unspecified atom stereocenters. The predicted molar refractivity (Wildman–Crippen MR) is 79.4 cm³/mol. The Balaban J connectivity index is 2.02. The van der Waals surface area contributed by atoms with Gasteiger partial charge in [0.1, 0.15) is 5.54 Å². The SMILES string of the molecule is COC1CCN(CC(NC(C)C)(C(N)=O)C2CC2)CC1. The maximum atomic E-state index is 12.1. The van der Waals surface area contributed by atoms with Crippen LogP contribution >= 0.6 is 0 Å². The predicted octanol–water partition coefficient (Wildman–Crippen LogP) is 0.729. The minimum Gasteiger partial charge on any atom is -0.381 e. The summed E-state index contributed by atoms with van der Waals surface area (Å²) in [5.74, 6) is 0.213. The second kappa shape index (κ2) is 6.41. The number of piperidine rings is 1. The maximum absolute atomic E-state index is 12.1. The van der Waals surface area contributed by atoms with Crippen LogP contribution in [0.15, 0.2) is 0 Å². The van der Waals surface area contributed by atoms with Crippen LogP contribution < -0.4 is 11.1 Å². The lowest BCUT2D eigenvalue weighted by Gasteiger charge is -2.41. The van der Waals surface area contributed by atoms with Gasteiger partial charge in [0.2, 0.25) is 5.91 Å². The van der Waals surface area contributed by atoms with Gasteiger partial charge in [-0.1, -0.05) is 0 Å². The molecule has 5 nitrogen and oxygen atoms in total. The van der Waals surface area contributed by atoms with Gasteiger partial charge in [0, 0.05) is 32.8 Å². The van der Waals surface area contributed by atoms with Crippen molar-refractivity contribution in [3.05, 3.63) is 0 Å². The van der Waals surface area contributed by atoms with Gasteiger partial charge < -0.3 is 15.4 Å². The van der Waals surface area contributed by atoms with E-state index in [1.165, 1.54) is 0 Å². The van der Waals surface area contributed by atoms with E-state index < -0.39 is 5.54 Å². The lowest BCUT2D eigenvalue weighted by atomic mass is 9.89. The van der Waals surface area contributed by atoms with E-state index in [9.17, 15) is 4.79 Å². The first-order valence-corrected chi connectivity index (χ1v) is 7.80. The minimum atomic E-state index is -0.548. The van der Waals surface area contributed by atoms with E-state index in [2.05, 4.69) is 24.1 Å². The van der Waals surface area contributed by atoms with Crippen LogP contribution in [0.3, 0.4) is 0 Å². The zero-order chi connectivity index (χ0) is 14.8. The Labute approximate surface area is 122 Å². The van der Waals surface area contributed by atoms with Crippen molar-refractivity contribution in [3.63, 3.8) is 0 Å². The number of rotatable bonds is 7. The summed E-state index contributed by atoms with van der Waals surface area (Å²) in [5, 5.41) is 3.48. The standard InChI is InChI=1S/C15H29N3O2/c1-11(2)17-15(14(16)19,12-4-5-12)10-18-8-6-13(20-3)7-9-18/h11-13,17H,4-10H2,1-3H3,(H2,16,19). The topological polar surface area (TPSA) is 67.6 Å². The van der Waals surface area contributed by atoms with Gasteiger partial charge in [-0.2, -0.15) is 0 Å². The summed E-state index contributed by atoms with van der Waals surface area (Å²) in [4.78, 5) is 14.5. The summed E-state index contributed by atoms with van der Waals surface area (Å²) in [6.45, 7) is 6.87. The van der Waals surface area contributed by atoms with Crippen molar-refractivity contribution in [1.29, 1.82) is 0 Å². The number of carbonyl (C=O) groups is 1. The number of ether oxygens (including phenoxy) is 1. The van der Waals surface area contributed by atoms with E-state index in [1.807, 2.05) is 0 Å². The molecule has 1 heterocycles. The third-order valence-corrected chi connectivity index (χ3v) is 4.60. The summed E-state index contributed by atoms with van der Waals surface area (Å²) in [7, 11) is 1.78. The average molecular weight is 283 g/mol. The number of carbonyl (C=O) groups excluding carboxylic acids is 1. The smallest absolute Gasteiger partial charge is 0.239 e. The third kappa shape index (κ3) is 3.51. The van der Waals surface area contributed by atoms with Gasteiger partial charge in [-0.05, 0) is 45.4 Å². The second-order valence-corrected chi connectivity index (χ2v) is 6.62. The van der Waals surface area contributed by atoms with Gasteiger partial charge in [-0.25, -0.2) is 0 Å². The fraction of sp³-hybridized carbons (Fsp3) is 0.933. The van der Waals surface area contributed by atoms with Gasteiger partial charge in [0.15, 0.2) is 0 Å². The van der Waals surface area contributed by atoms with Crippen LogP contribution in [0, 0.1) is 5.92 Å². The first-order chi connectivity index (χ1) is 9.48. The van der Waals surface area contributed by atoms with Crippen molar-refractivity contribution in [2.24, 2.45) is 11.7 Å². The summed E-state index contributed by atoms with van der Waals surface area (Å²) < 4.78 is 5.41. The number of amides is 1. The van der Waals surface area contributed by atoms with Gasteiger partial charge in [-0.3, -0.25) is 10.1 Å². The number of likely N-dealkylation sites (tertiary alicyclic amines) is 1. The molecule has 1 saturated heterocycles. The molecular weight excluding hydrogens is 254 g/mol. The normalized spacial score (nSPS) is 24.8. The molecule has 3 N–H and O–H groups in total. The van der Waals surface area contributed by atoms with E-state index in [-0.39, 0.29) is 11.9 Å². The molecule has 0 bridgehead atoms. The Bertz CT molecular complexity index is 336. The Morgan fingerprint density at radius 2 is 1.95 bits per heavy atom. The highest BCUT2D eigenvalue weighted by molar-refractivity contribution is 5.86. The summed E-state index contributed by atoms with van der Waals surface area (Å²) in [5.41, 5.74) is 5.23. The van der Waals surface area contributed by atoms with Gasteiger partial charge in [0.05, 0.1) is 6.10 Å². The zero-order valence-corrected chi connectivity index (χ0v) is 13.0. The molecular formula is C15H29N3O2. The van der Waals surface area contributed by atoms with Crippen molar-refractivity contribution < 1.29 is 9.53 Å². The lowest BCUT2D eigenvalue weighted by molar-refractivity contribution is -0.127. The molecule has 2 aliphatic rings. The number of methoxy groups -OCH3 is 1. The fourth-order valence-electron chi connectivity index (χ4n) is 3.39.